The molecule has 2 N–H and O–H groups in total. The van der Waals surface area contributed by atoms with Crippen molar-refractivity contribution in [1.29, 1.82) is 0 Å². The molecule has 0 amide bonds. The minimum Gasteiger partial charge on any atom is -0.355 e. The van der Waals surface area contributed by atoms with Gasteiger partial charge in [0.25, 0.3) is 0 Å². The van der Waals surface area contributed by atoms with Gasteiger partial charge in [0.1, 0.15) is 5.82 Å². The van der Waals surface area contributed by atoms with Gasteiger partial charge in [0, 0.05) is 50.4 Å². The minimum absolute atomic E-state index is 0. The number of rotatable bonds is 7. The van der Waals surface area contributed by atoms with Crippen molar-refractivity contribution < 1.29 is 4.39 Å². The van der Waals surface area contributed by atoms with Crippen LogP contribution in [0.25, 0.3) is 0 Å². The highest BCUT2D eigenvalue weighted by Gasteiger charge is 2.16. The van der Waals surface area contributed by atoms with Gasteiger partial charge in [-0.15, -0.1) is 35.3 Å². The maximum Gasteiger partial charge on any atom is 0.191 e. The Morgan fingerprint density at radius 1 is 1.29 bits per heavy atom. The standard InChI is InChI=1S/C20H27FN4S2.HI/c1-22-20(24-12-15-3-4-18(21)11-17(15)14-26-2)23-7-9-25-8-5-19-16(13-25)6-10-27-19;/h3-4,6,10-11H,5,7-9,12-14H2,1-2H3,(H2,22,23,24);1H. The number of hydrogen-bond acceptors (Lipinski definition) is 4. The van der Waals surface area contributed by atoms with Crippen LogP contribution < -0.4 is 10.6 Å². The summed E-state index contributed by atoms with van der Waals surface area (Å²) in [6.07, 6.45) is 3.19. The van der Waals surface area contributed by atoms with Crippen LogP contribution in [0, 0.1) is 5.82 Å². The average Bonchev–Trinajstić information content (AvgIpc) is 3.14. The number of benzene rings is 1. The smallest absolute Gasteiger partial charge is 0.191 e. The molecule has 1 aromatic carbocycles. The summed E-state index contributed by atoms with van der Waals surface area (Å²) >= 11 is 3.57. The third-order valence-corrected chi connectivity index (χ3v) is 6.37. The van der Waals surface area contributed by atoms with E-state index < -0.39 is 0 Å². The molecule has 0 unspecified atom stereocenters. The molecule has 2 heterocycles. The monoisotopic (exact) mass is 534 g/mol. The molecule has 0 radical (unpaired) electrons. The van der Waals surface area contributed by atoms with E-state index in [0.717, 1.165) is 55.4 Å². The van der Waals surface area contributed by atoms with E-state index in [0.29, 0.717) is 6.54 Å². The Bertz CT molecular complexity index is 781. The summed E-state index contributed by atoms with van der Waals surface area (Å²) in [5.74, 6) is 1.41. The van der Waals surface area contributed by atoms with Gasteiger partial charge in [-0.05, 0) is 52.9 Å². The Kier molecular flexibility index (Phi) is 10.0. The van der Waals surface area contributed by atoms with E-state index in [9.17, 15) is 4.39 Å². The van der Waals surface area contributed by atoms with Crippen LogP contribution in [0.15, 0.2) is 34.6 Å². The van der Waals surface area contributed by atoms with Crippen molar-refractivity contribution in [3.63, 3.8) is 0 Å². The zero-order chi connectivity index (χ0) is 19.1. The summed E-state index contributed by atoms with van der Waals surface area (Å²) in [5, 5.41) is 8.93. The van der Waals surface area contributed by atoms with Crippen molar-refractivity contribution in [2.45, 2.75) is 25.3 Å². The lowest BCUT2D eigenvalue weighted by Crippen LogP contribution is -2.42. The maximum atomic E-state index is 13.5. The number of aliphatic imine (C=N–C) groups is 1. The van der Waals surface area contributed by atoms with Gasteiger partial charge in [-0.25, -0.2) is 4.39 Å². The van der Waals surface area contributed by atoms with E-state index in [1.165, 1.54) is 16.5 Å². The highest BCUT2D eigenvalue weighted by molar-refractivity contribution is 14.0. The van der Waals surface area contributed by atoms with Crippen LogP contribution in [0.2, 0.25) is 0 Å². The molecule has 0 bridgehead atoms. The molecular weight excluding hydrogens is 506 g/mol. The molecule has 0 spiro atoms. The van der Waals surface area contributed by atoms with Crippen molar-refractivity contribution in [3.8, 4) is 0 Å². The molecule has 0 saturated carbocycles. The molecule has 1 aromatic heterocycles. The highest BCUT2D eigenvalue weighted by atomic mass is 127. The van der Waals surface area contributed by atoms with E-state index >= 15 is 0 Å². The van der Waals surface area contributed by atoms with Crippen LogP contribution in [0.3, 0.4) is 0 Å². The van der Waals surface area contributed by atoms with Crippen molar-refractivity contribution >= 4 is 53.0 Å². The van der Waals surface area contributed by atoms with E-state index in [1.54, 1.807) is 24.9 Å². The Hall–Kier alpha value is -0.840. The molecule has 8 heteroatoms. The third-order valence-electron chi connectivity index (χ3n) is 4.75. The molecule has 154 valence electrons. The Balaban J connectivity index is 0.00000280. The van der Waals surface area contributed by atoms with Crippen LogP contribution in [-0.2, 0) is 25.3 Å². The van der Waals surface area contributed by atoms with Gasteiger partial charge in [-0.1, -0.05) is 6.07 Å². The SMILES string of the molecule is CN=C(NCCN1CCc2sccc2C1)NCc1ccc(F)cc1CSC.I. The first kappa shape index (κ1) is 23.4. The van der Waals surface area contributed by atoms with Crippen LogP contribution in [0.5, 0.6) is 0 Å². The summed E-state index contributed by atoms with van der Waals surface area (Å²) in [6.45, 7) is 4.64. The van der Waals surface area contributed by atoms with Gasteiger partial charge in [-0.3, -0.25) is 9.89 Å². The summed E-state index contributed by atoms with van der Waals surface area (Å²) < 4.78 is 13.5. The molecule has 1 aliphatic rings. The first-order valence-electron chi connectivity index (χ1n) is 9.18. The van der Waals surface area contributed by atoms with Gasteiger partial charge in [-0.2, -0.15) is 11.8 Å². The fourth-order valence-electron chi connectivity index (χ4n) is 3.29. The van der Waals surface area contributed by atoms with E-state index in [2.05, 4.69) is 32.0 Å². The topological polar surface area (TPSA) is 39.7 Å². The summed E-state index contributed by atoms with van der Waals surface area (Å²) in [6, 6.07) is 7.24. The maximum absolute atomic E-state index is 13.5. The molecule has 2 aromatic rings. The number of halogens is 2. The molecule has 0 fully saturated rings. The van der Waals surface area contributed by atoms with Crippen LogP contribution in [-0.4, -0.2) is 43.8 Å². The number of nitrogens with zero attached hydrogens (tertiary/aromatic N) is 2. The fraction of sp³-hybridized carbons (Fsp3) is 0.450. The second-order valence-electron chi connectivity index (χ2n) is 6.59. The molecule has 28 heavy (non-hydrogen) atoms. The lowest BCUT2D eigenvalue weighted by molar-refractivity contribution is 0.260. The molecule has 0 saturated heterocycles. The van der Waals surface area contributed by atoms with E-state index in [-0.39, 0.29) is 29.8 Å². The predicted octanol–water partition coefficient (Wildman–Crippen LogP) is 4.09. The number of fused-ring (bicyclic) bond motifs is 1. The van der Waals surface area contributed by atoms with Crippen molar-refractivity contribution in [3.05, 3.63) is 57.0 Å². The van der Waals surface area contributed by atoms with Gasteiger partial charge in [0.15, 0.2) is 5.96 Å². The lowest BCUT2D eigenvalue weighted by Gasteiger charge is -2.27. The number of guanidine groups is 1. The molecule has 4 nitrogen and oxygen atoms in total. The van der Waals surface area contributed by atoms with Gasteiger partial charge in [0.05, 0.1) is 0 Å². The number of hydrogen-bond donors (Lipinski definition) is 2. The van der Waals surface area contributed by atoms with Gasteiger partial charge >= 0.3 is 0 Å². The van der Waals surface area contributed by atoms with Crippen molar-refractivity contribution in [2.75, 3.05) is 32.9 Å². The largest absolute Gasteiger partial charge is 0.355 e. The van der Waals surface area contributed by atoms with Gasteiger partial charge < -0.3 is 10.6 Å². The Morgan fingerprint density at radius 2 is 2.14 bits per heavy atom. The zero-order valence-corrected chi connectivity index (χ0v) is 20.3. The quantitative estimate of drug-likeness (QED) is 0.319. The molecule has 0 atom stereocenters. The predicted molar refractivity (Wildman–Crippen MR) is 131 cm³/mol. The number of thiophene rings is 1. The first-order chi connectivity index (χ1) is 13.2. The van der Waals surface area contributed by atoms with E-state index in [1.807, 2.05) is 23.7 Å². The average molecular weight is 535 g/mol. The Morgan fingerprint density at radius 3 is 2.93 bits per heavy atom. The molecule has 3 rings (SSSR count). The highest BCUT2D eigenvalue weighted by Crippen LogP contribution is 2.23. The zero-order valence-electron chi connectivity index (χ0n) is 16.3. The third kappa shape index (κ3) is 6.60. The summed E-state index contributed by atoms with van der Waals surface area (Å²) in [4.78, 5) is 8.32. The first-order valence-corrected chi connectivity index (χ1v) is 11.5. The molecular formula is C20H28FIN4S2. The minimum atomic E-state index is -0.180. The second kappa shape index (κ2) is 12.0. The molecule has 0 aliphatic carbocycles. The van der Waals surface area contributed by atoms with E-state index in [4.69, 9.17) is 0 Å². The van der Waals surface area contributed by atoms with Crippen LogP contribution in [0.4, 0.5) is 4.39 Å². The normalized spacial score (nSPS) is 14.3. The summed E-state index contributed by atoms with van der Waals surface area (Å²) in [5.41, 5.74) is 3.62. The fourth-order valence-corrected chi connectivity index (χ4v) is 4.76. The summed E-state index contributed by atoms with van der Waals surface area (Å²) in [7, 11) is 1.78. The second-order valence-corrected chi connectivity index (χ2v) is 8.46. The molecule has 1 aliphatic heterocycles. The number of thioether (sulfide) groups is 1. The van der Waals surface area contributed by atoms with Crippen LogP contribution >= 0.6 is 47.1 Å². The van der Waals surface area contributed by atoms with Gasteiger partial charge in [0.2, 0.25) is 0 Å². The van der Waals surface area contributed by atoms with Crippen molar-refractivity contribution in [1.82, 2.24) is 15.5 Å². The van der Waals surface area contributed by atoms with Crippen LogP contribution in [0.1, 0.15) is 21.6 Å². The Labute approximate surface area is 192 Å². The van der Waals surface area contributed by atoms with Crippen molar-refractivity contribution in [2.24, 2.45) is 4.99 Å². The lowest BCUT2D eigenvalue weighted by atomic mass is 10.1. The number of nitrogens with one attached hydrogen (secondary N) is 2.